The topological polar surface area (TPSA) is 78.6 Å². The fourth-order valence-electron chi connectivity index (χ4n) is 3.64. The predicted octanol–water partition coefficient (Wildman–Crippen LogP) is 2.98. The number of carbonyl (C=O) groups is 1. The van der Waals surface area contributed by atoms with Crippen LogP contribution in [0, 0.1) is 0 Å². The van der Waals surface area contributed by atoms with E-state index in [4.69, 9.17) is 17.3 Å². The van der Waals surface area contributed by atoms with Gasteiger partial charge in [-0.15, -0.1) is 11.3 Å². The van der Waals surface area contributed by atoms with Gasteiger partial charge < -0.3 is 21.1 Å². The van der Waals surface area contributed by atoms with Crippen LogP contribution < -0.4 is 11.1 Å². The van der Waals surface area contributed by atoms with Gasteiger partial charge in [-0.1, -0.05) is 11.6 Å². The van der Waals surface area contributed by atoms with Crippen molar-refractivity contribution in [3.8, 4) is 0 Å². The maximum atomic E-state index is 13.1. The molecular weight excluding hydrogens is 403 g/mol. The van der Waals surface area contributed by atoms with Crippen molar-refractivity contribution in [3.05, 3.63) is 32.7 Å². The molecule has 0 aromatic carbocycles. The first-order chi connectivity index (χ1) is 12.6. The Bertz CT molecular complexity index is 708. The zero-order valence-corrected chi connectivity index (χ0v) is 16.6. The molecule has 3 atom stereocenters. The third-order valence-electron chi connectivity index (χ3n) is 4.68. The molecule has 1 aliphatic heterocycles. The lowest BCUT2D eigenvalue weighted by molar-refractivity contribution is -0.191. The highest BCUT2D eigenvalue weighted by Crippen LogP contribution is 2.43. The van der Waals surface area contributed by atoms with Crippen molar-refractivity contribution >= 4 is 28.8 Å². The Morgan fingerprint density at radius 3 is 2.74 bits per heavy atom. The van der Waals surface area contributed by atoms with E-state index in [1.54, 1.807) is 20.0 Å². The van der Waals surface area contributed by atoms with Gasteiger partial charge in [0, 0.05) is 36.5 Å². The van der Waals surface area contributed by atoms with Crippen LogP contribution in [0.4, 0.5) is 13.2 Å². The number of carbonyl (C=O) groups excluding carboxylic acids is 1. The van der Waals surface area contributed by atoms with Gasteiger partial charge in [-0.25, -0.2) is 0 Å². The van der Waals surface area contributed by atoms with Crippen molar-refractivity contribution in [2.45, 2.75) is 50.4 Å². The molecular formula is C17H23ClF3N3O2S. The van der Waals surface area contributed by atoms with Crippen LogP contribution >= 0.6 is 22.9 Å². The highest BCUT2D eigenvalue weighted by Gasteiger charge is 2.49. The smallest absolute Gasteiger partial charge is 0.399 e. The second-order valence-corrected chi connectivity index (χ2v) is 8.31. The van der Waals surface area contributed by atoms with E-state index in [1.807, 2.05) is 0 Å². The number of piperidine rings is 1. The number of rotatable bonds is 5. The maximum absolute atomic E-state index is 13.1. The van der Waals surface area contributed by atoms with E-state index in [9.17, 15) is 23.1 Å². The standard InChI is InChI=1S/C17H23ClF3N3O2S/c1-9-5-11(15-10(3-4-25)7-14(18)27-15)6-13(12(22)8-23-2)24(9)16(26)17(19,20)21/h7-9,11,13,23,25H,3-6,22H2,1-2H3/b12-8-. The summed E-state index contributed by atoms with van der Waals surface area (Å²) < 4.78 is 39.9. The van der Waals surface area contributed by atoms with Crippen LogP contribution in [0.5, 0.6) is 0 Å². The van der Waals surface area contributed by atoms with Crippen molar-refractivity contribution < 1.29 is 23.1 Å². The lowest BCUT2D eigenvalue weighted by Crippen LogP contribution is -2.56. The number of hydrogen-bond acceptors (Lipinski definition) is 5. The Hall–Kier alpha value is -1.45. The highest BCUT2D eigenvalue weighted by atomic mass is 35.5. The monoisotopic (exact) mass is 425 g/mol. The fourth-order valence-corrected chi connectivity index (χ4v) is 5.09. The molecule has 10 heteroatoms. The number of hydrogen-bond donors (Lipinski definition) is 3. The minimum absolute atomic E-state index is 0.0494. The van der Waals surface area contributed by atoms with Crippen LogP contribution in [0.2, 0.25) is 4.34 Å². The van der Waals surface area contributed by atoms with E-state index in [0.29, 0.717) is 17.2 Å². The molecule has 0 saturated carbocycles. The van der Waals surface area contributed by atoms with Crippen molar-refractivity contribution in [3.63, 3.8) is 0 Å². The summed E-state index contributed by atoms with van der Waals surface area (Å²) in [5, 5.41) is 12.0. The molecule has 5 nitrogen and oxygen atoms in total. The maximum Gasteiger partial charge on any atom is 0.471 e. The van der Waals surface area contributed by atoms with Gasteiger partial charge >= 0.3 is 12.1 Å². The molecule has 1 saturated heterocycles. The van der Waals surface area contributed by atoms with E-state index in [2.05, 4.69) is 5.32 Å². The zero-order valence-electron chi connectivity index (χ0n) is 15.0. The SMILES string of the molecule is CN/C=C(\N)C1CC(c2sc(Cl)cc2CCO)CC(C)N1C(=O)C(F)(F)F. The molecule has 3 unspecified atom stereocenters. The summed E-state index contributed by atoms with van der Waals surface area (Å²) in [6.45, 7) is 1.54. The van der Waals surface area contributed by atoms with Crippen LogP contribution in [0.15, 0.2) is 18.0 Å². The van der Waals surface area contributed by atoms with Crippen molar-refractivity contribution in [1.29, 1.82) is 0 Å². The van der Waals surface area contributed by atoms with Crippen molar-refractivity contribution in [2.24, 2.45) is 5.73 Å². The molecule has 0 aliphatic carbocycles. The molecule has 1 aromatic rings. The van der Waals surface area contributed by atoms with Crippen LogP contribution in [0.3, 0.4) is 0 Å². The average Bonchev–Trinajstić information content (AvgIpc) is 2.93. The van der Waals surface area contributed by atoms with E-state index >= 15 is 0 Å². The van der Waals surface area contributed by atoms with Crippen molar-refractivity contribution in [1.82, 2.24) is 10.2 Å². The fraction of sp³-hybridized carbons (Fsp3) is 0.588. The Morgan fingerprint density at radius 1 is 1.52 bits per heavy atom. The van der Waals surface area contributed by atoms with Crippen LogP contribution in [-0.4, -0.2) is 47.8 Å². The molecule has 0 radical (unpaired) electrons. The van der Waals surface area contributed by atoms with Gasteiger partial charge in [0.1, 0.15) is 0 Å². The molecule has 4 N–H and O–H groups in total. The van der Waals surface area contributed by atoms with Gasteiger partial charge in [-0.05, 0) is 43.7 Å². The average molecular weight is 426 g/mol. The summed E-state index contributed by atoms with van der Waals surface area (Å²) in [6, 6.07) is 0.231. The quantitative estimate of drug-likeness (QED) is 0.677. The zero-order chi connectivity index (χ0) is 20.4. The van der Waals surface area contributed by atoms with Gasteiger partial charge in [0.2, 0.25) is 0 Å². The first-order valence-corrected chi connectivity index (χ1v) is 9.70. The number of nitrogens with one attached hydrogen (secondary N) is 1. The lowest BCUT2D eigenvalue weighted by atomic mass is 9.83. The van der Waals surface area contributed by atoms with Gasteiger partial charge in [0.25, 0.3) is 0 Å². The summed E-state index contributed by atoms with van der Waals surface area (Å²) in [5.74, 6) is -1.99. The molecule has 0 bridgehead atoms. The van der Waals surface area contributed by atoms with E-state index in [-0.39, 0.29) is 24.6 Å². The first kappa shape index (κ1) is 21.8. The van der Waals surface area contributed by atoms with Gasteiger partial charge in [0.05, 0.1) is 10.4 Å². The van der Waals surface area contributed by atoms with E-state index in [1.165, 1.54) is 17.5 Å². The summed E-state index contributed by atoms with van der Waals surface area (Å²) in [7, 11) is 1.59. The van der Waals surface area contributed by atoms with Crippen LogP contribution in [0.1, 0.15) is 36.1 Å². The first-order valence-electron chi connectivity index (χ1n) is 8.51. The predicted molar refractivity (Wildman–Crippen MR) is 99.6 cm³/mol. The number of nitrogens with two attached hydrogens (primary N) is 1. The third-order valence-corrected chi connectivity index (χ3v) is 6.15. The number of halogens is 4. The van der Waals surface area contributed by atoms with Crippen LogP contribution in [0.25, 0.3) is 0 Å². The van der Waals surface area contributed by atoms with Crippen LogP contribution in [-0.2, 0) is 11.2 Å². The molecule has 27 heavy (non-hydrogen) atoms. The van der Waals surface area contributed by atoms with E-state index < -0.39 is 24.2 Å². The second kappa shape index (κ2) is 8.70. The largest absolute Gasteiger partial charge is 0.471 e. The molecule has 1 aromatic heterocycles. The minimum atomic E-state index is -4.96. The highest BCUT2D eigenvalue weighted by molar-refractivity contribution is 7.16. The summed E-state index contributed by atoms with van der Waals surface area (Å²) in [5.41, 5.74) is 7.06. The molecule has 0 spiro atoms. The summed E-state index contributed by atoms with van der Waals surface area (Å²) in [4.78, 5) is 13.8. The summed E-state index contributed by atoms with van der Waals surface area (Å²) >= 11 is 7.48. The normalized spacial score (nSPS) is 24.2. The number of aliphatic hydroxyl groups is 1. The number of alkyl halides is 3. The van der Waals surface area contributed by atoms with Gasteiger partial charge in [0.15, 0.2) is 0 Å². The molecule has 1 amide bonds. The molecule has 2 rings (SSSR count). The second-order valence-electron chi connectivity index (χ2n) is 6.59. The Kier molecular flexibility index (Phi) is 7.04. The van der Waals surface area contributed by atoms with Crippen molar-refractivity contribution in [2.75, 3.05) is 13.7 Å². The number of thiophene rings is 1. The number of aliphatic hydroxyl groups excluding tert-OH is 1. The number of likely N-dealkylation sites (tertiary alicyclic amines) is 1. The third kappa shape index (κ3) is 4.89. The van der Waals surface area contributed by atoms with E-state index in [0.717, 1.165) is 15.3 Å². The number of amides is 1. The molecule has 2 heterocycles. The Balaban J connectivity index is 2.40. The number of nitrogens with zero attached hydrogens (tertiary/aromatic N) is 1. The molecule has 1 fully saturated rings. The molecule has 152 valence electrons. The van der Waals surface area contributed by atoms with Gasteiger partial charge in [-0.3, -0.25) is 4.79 Å². The minimum Gasteiger partial charge on any atom is -0.399 e. The Labute approximate surface area is 165 Å². The molecule has 1 aliphatic rings. The lowest BCUT2D eigenvalue weighted by Gasteiger charge is -2.44. The Morgan fingerprint density at radius 2 is 2.19 bits per heavy atom. The summed E-state index contributed by atoms with van der Waals surface area (Å²) in [6.07, 6.45) is -2.52. The van der Waals surface area contributed by atoms with Gasteiger partial charge in [-0.2, -0.15) is 13.2 Å².